The molecule has 0 aromatic heterocycles. The van der Waals surface area contributed by atoms with E-state index in [4.69, 9.17) is 29.8 Å². The van der Waals surface area contributed by atoms with Crippen molar-refractivity contribution in [3.63, 3.8) is 0 Å². The largest absolute Gasteiger partial charge is 2.00 e. The minimum atomic E-state index is -1.08. The van der Waals surface area contributed by atoms with E-state index >= 15 is 0 Å². The smallest absolute Gasteiger partial charge is 0.550 e. The molecular weight excluding hydrogens is 615 g/mol. The van der Waals surface area contributed by atoms with E-state index in [1.54, 1.807) is 0 Å². The Morgan fingerprint density at radius 1 is 0.756 bits per heavy atom. The zero-order valence-electron chi connectivity index (χ0n) is 28.2. The molecule has 1 saturated carbocycles. The van der Waals surface area contributed by atoms with Crippen LogP contribution in [0.3, 0.4) is 0 Å². The Labute approximate surface area is 280 Å². The molecule has 1 aliphatic rings. The Bertz CT molecular complexity index is 1170. The molecule has 2 N–H and O–H groups in total. The molecule has 45 heavy (non-hydrogen) atoms. The number of phenolic OH excluding ortho intramolecular Hbond substituents is 2. The zero-order valence-corrected chi connectivity index (χ0v) is 29.2. The quantitative estimate of drug-likeness (QED) is 0.331. The number of hydrogen-bond acceptors (Lipinski definition) is 8. The third kappa shape index (κ3) is 17.2. The molecule has 251 valence electrons. The first-order chi connectivity index (χ1) is 20.6. The van der Waals surface area contributed by atoms with Gasteiger partial charge in [0, 0.05) is 35.5 Å². The number of carbonyl (C=O) groups excluding carboxylic acids is 2. The van der Waals surface area contributed by atoms with Gasteiger partial charge in [0.1, 0.15) is 11.5 Å². The second kappa shape index (κ2) is 21.5. The molecule has 2 unspecified atom stereocenters. The predicted octanol–water partition coefficient (Wildman–Crippen LogP) is 5.25. The van der Waals surface area contributed by atoms with Crippen LogP contribution in [0.5, 0.6) is 11.5 Å². The van der Waals surface area contributed by atoms with Gasteiger partial charge in [-0.25, -0.2) is 0 Å². The van der Waals surface area contributed by atoms with Gasteiger partial charge in [0.15, 0.2) is 0 Å². The van der Waals surface area contributed by atoms with Crippen molar-refractivity contribution in [2.45, 2.75) is 119 Å². The first kappa shape index (κ1) is 41.8. The van der Waals surface area contributed by atoms with Gasteiger partial charge in [-0.1, -0.05) is 52.7 Å². The van der Waals surface area contributed by atoms with Crippen molar-refractivity contribution in [2.75, 3.05) is 0 Å². The normalized spacial score (nSPS) is 16.1. The van der Waals surface area contributed by atoms with Crippen LogP contribution in [0.1, 0.15) is 113 Å². The van der Waals surface area contributed by atoms with E-state index in [-0.39, 0.29) is 28.9 Å². The molecule has 0 saturated heterocycles. The molecule has 3 rings (SSSR count). The topological polar surface area (TPSA) is 145 Å². The molecule has 1 fully saturated rings. The van der Waals surface area contributed by atoms with Crippen molar-refractivity contribution in [2.24, 2.45) is 21.8 Å². The van der Waals surface area contributed by atoms with Gasteiger partial charge < -0.3 is 30.0 Å². The van der Waals surface area contributed by atoms with Crippen LogP contribution < -0.4 is 10.2 Å². The fourth-order valence-corrected chi connectivity index (χ4v) is 4.96. The summed E-state index contributed by atoms with van der Waals surface area (Å²) < 4.78 is 0. The number of aromatic hydroxyl groups is 2. The first-order valence-electron chi connectivity index (χ1n) is 15.7. The number of carboxylic acids is 2. The number of carbonyl (C=O) groups is 2. The second-order valence-electron chi connectivity index (χ2n) is 12.5. The number of hydrogen-bond donors (Lipinski definition) is 2. The first-order valence-corrected chi connectivity index (χ1v) is 15.7. The van der Waals surface area contributed by atoms with Crippen LogP contribution >= 0.6 is 0 Å². The van der Waals surface area contributed by atoms with Gasteiger partial charge in [-0.2, -0.15) is 0 Å². The molecule has 0 bridgehead atoms. The standard InChI is InChI=1S/C32H46N2O2.2C2H4O2.Co/c1-21(2)11-13-25-15-23(5)31(35)27(17-25)19-33-29-9-7-8-10-30(29)34-20-28-18-26(14-12-22(3)4)16-24(6)32(28)36;2*1-2(3)4;/h15-22,29-30,35-36H,7-14H2,1-6H3;2*1H3,(H,3,4);/q;;;+2/p-2. The number of aliphatic carboxylic acids is 2. The van der Waals surface area contributed by atoms with Gasteiger partial charge in [0.05, 0.1) is 12.1 Å². The number of aryl methyl sites for hydroxylation is 4. The van der Waals surface area contributed by atoms with Crippen LogP contribution in [0.15, 0.2) is 34.3 Å². The van der Waals surface area contributed by atoms with E-state index < -0.39 is 11.9 Å². The van der Waals surface area contributed by atoms with Gasteiger partial charge in [-0.15, -0.1) is 0 Å². The minimum Gasteiger partial charge on any atom is -0.550 e. The van der Waals surface area contributed by atoms with Crippen molar-refractivity contribution >= 4 is 24.4 Å². The van der Waals surface area contributed by atoms with E-state index in [2.05, 4.69) is 52.0 Å². The molecule has 0 heterocycles. The number of phenols is 2. The number of aliphatic imine (C=N–C) groups is 2. The van der Waals surface area contributed by atoms with Gasteiger partial charge >= 0.3 is 16.8 Å². The predicted molar refractivity (Wildman–Crippen MR) is 175 cm³/mol. The zero-order chi connectivity index (χ0) is 33.4. The molecule has 2 aromatic rings. The molecule has 1 radical (unpaired) electrons. The Morgan fingerprint density at radius 3 is 1.36 bits per heavy atom. The monoisotopic (exact) mass is 667 g/mol. The molecule has 0 spiro atoms. The Hall–Kier alpha value is -3.17. The van der Waals surface area contributed by atoms with Crippen molar-refractivity contribution < 1.29 is 46.8 Å². The minimum absolute atomic E-state index is 0. The molecule has 9 heteroatoms. The maximum Gasteiger partial charge on any atom is 2.00 e. The molecule has 0 aliphatic heterocycles. The summed E-state index contributed by atoms with van der Waals surface area (Å²) in [5, 5.41) is 39.1. The molecule has 2 atom stereocenters. The van der Waals surface area contributed by atoms with Crippen molar-refractivity contribution in [1.82, 2.24) is 0 Å². The fraction of sp³-hybridized carbons (Fsp3) is 0.556. The van der Waals surface area contributed by atoms with E-state index in [1.165, 1.54) is 11.1 Å². The van der Waals surface area contributed by atoms with E-state index in [0.717, 1.165) is 87.5 Å². The third-order valence-corrected chi connectivity index (χ3v) is 7.30. The average molecular weight is 668 g/mol. The van der Waals surface area contributed by atoms with Gasteiger partial charge in [0.25, 0.3) is 0 Å². The summed E-state index contributed by atoms with van der Waals surface area (Å²) in [5.41, 5.74) is 5.91. The summed E-state index contributed by atoms with van der Waals surface area (Å²) in [5.74, 6) is -0.226. The summed E-state index contributed by atoms with van der Waals surface area (Å²) in [4.78, 5) is 27.6. The van der Waals surface area contributed by atoms with Crippen LogP contribution in [-0.2, 0) is 39.2 Å². The maximum atomic E-state index is 10.7. The maximum absolute atomic E-state index is 10.7. The van der Waals surface area contributed by atoms with Crippen LogP contribution in [0, 0.1) is 25.7 Å². The average Bonchev–Trinajstić information content (AvgIpc) is 2.92. The SMILES string of the molecule is CC(=O)[O-].CC(=O)[O-].Cc1cc(CCC(C)C)cc(C=NC2CCCCC2N=Cc2cc(CCC(C)C)cc(C)c2O)c1O.[Co+2]. The van der Waals surface area contributed by atoms with Crippen LogP contribution in [-0.4, -0.2) is 46.7 Å². The summed E-state index contributed by atoms with van der Waals surface area (Å²) in [7, 11) is 0. The summed E-state index contributed by atoms with van der Waals surface area (Å²) in [6.07, 6.45) is 12.3. The Morgan fingerprint density at radius 2 is 1.07 bits per heavy atom. The Kier molecular flexibility index (Phi) is 20.0. The van der Waals surface area contributed by atoms with Crippen molar-refractivity contribution in [1.29, 1.82) is 0 Å². The van der Waals surface area contributed by atoms with E-state index in [1.807, 2.05) is 26.3 Å². The van der Waals surface area contributed by atoms with Gasteiger partial charge in [0.2, 0.25) is 0 Å². The van der Waals surface area contributed by atoms with Crippen LogP contribution in [0.4, 0.5) is 0 Å². The number of carboxylic acid groups (broad SMARTS) is 2. The number of nitrogens with zero attached hydrogens (tertiary/aromatic N) is 2. The molecular formula is C36H52CoN2O6. The van der Waals surface area contributed by atoms with E-state index in [9.17, 15) is 10.2 Å². The number of rotatable bonds is 10. The van der Waals surface area contributed by atoms with Crippen molar-refractivity contribution in [3.8, 4) is 11.5 Å². The van der Waals surface area contributed by atoms with Gasteiger partial charge in [-0.05, 0) is 112 Å². The molecule has 0 amide bonds. The molecule has 8 nitrogen and oxygen atoms in total. The summed E-state index contributed by atoms with van der Waals surface area (Å²) in [6.45, 7) is 14.8. The fourth-order valence-electron chi connectivity index (χ4n) is 4.96. The second-order valence-corrected chi connectivity index (χ2v) is 12.5. The third-order valence-electron chi connectivity index (χ3n) is 7.30. The molecule has 1 aliphatic carbocycles. The van der Waals surface area contributed by atoms with Crippen LogP contribution in [0.25, 0.3) is 0 Å². The summed E-state index contributed by atoms with van der Waals surface area (Å²) in [6, 6.07) is 8.51. The van der Waals surface area contributed by atoms with Gasteiger partial charge in [-0.3, -0.25) is 9.98 Å². The Balaban J connectivity index is 0.00000192. The van der Waals surface area contributed by atoms with Crippen molar-refractivity contribution in [3.05, 3.63) is 57.6 Å². The molecule has 2 aromatic carbocycles. The van der Waals surface area contributed by atoms with E-state index in [0.29, 0.717) is 23.3 Å². The van der Waals surface area contributed by atoms with Crippen LogP contribution in [0.2, 0.25) is 0 Å². The summed E-state index contributed by atoms with van der Waals surface area (Å²) >= 11 is 0. The number of benzene rings is 2.